The molecule has 0 aliphatic carbocycles. The second-order valence-electron chi connectivity index (χ2n) is 8.62. The van der Waals surface area contributed by atoms with Gasteiger partial charge in [-0.15, -0.1) is 0 Å². The van der Waals surface area contributed by atoms with Crippen LogP contribution in [-0.2, 0) is 14.4 Å². The Labute approximate surface area is 172 Å². The van der Waals surface area contributed by atoms with Crippen molar-refractivity contribution in [1.82, 2.24) is 15.5 Å². The van der Waals surface area contributed by atoms with Gasteiger partial charge in [0.05, 0.1) is 0 Å². The van der Waals surface area contributed by atoms with Crippen LogP contribution in [0.1, 0.15) is 60.8 Å². The first-order valence-electron chi connectivity index (χ1n) is 9.45. The van der Waals surface area contributed by atoms with E-state index in [4.69, 9.17) is 0 Å². The van der Waals surface area contributed by atoms with Gasteiger partial charge in [-0.2, -0.15) is 0 Å². The maximum Gasteiger partial charge on any atom is 0.221 e. The molecule has 0 aliphatic heterocycles. The van der Waals surface area contributed by atoms with Gasteiger partial charge in [-0.1, -0.05) is 42.4 Å². The van der Waals surface area contributed by atoms with Gasteiger partial charge in [-0.3, -0.25) is 14.4 Å². The molecule has 0 unspecified atom stereocenters. The standard InChI is InChI=1S/C19H37N3O3S2/c1-18(2,3)9-7-16(24)20-10-13-26-27-14-11-21-17(25)8-12-22(15-23)19(4,5)6/h15H,7-14H2,1-6H3,(H,20,24)(H,21,25). The summed E-state index contributed by atoms with van der Waals surface area (Å²) in [6, 6.07) is 0. The smallest absolute Gasteiger partial charge is 0.221 e. The van der Waals surface area contributed by atoms with Crippen molar-refractivity contribution in [3.63, 3.8) is 0 Å². The molecule has 0 saturated carbocycles. The Morgan fingerprint density at radius 1 is 0.889 bits per heavy atom. The molecule has 0 heterocycles. The number of nitrogens with one attached hydrogen (secondary N) is 2. The maximum atomic E-state index is 11.8. The van der Waals surface area contributed by atoms with E-state index in [9.17, 15) is 14.4 Å². The van der Waals surface area contributed by atoms with Gasteiger partial charge >= 0.3 is 0 Å². The number of carbonyl (C=O) groups is 3. The predicted octanol–water partition coefficient (Wildman–Crippen LogP) is 3.07. The lowest BCUT2D eigenvalue weighted by atomic mass is 9.90. The first kappa shape index (κ1) is 26.1. The van der Waals surface area contributed by atoms with Gasteiger partial charge in [0.25, 0.3) is 0 Å². The molecular weight excluding hydrogens is 382 g/mol. The van der Waals surface area contributed by atoms with E-state index in [1.54, 1.807) is 26.5 Å². The molecule has 2 N–H and O–H groups in total. The van der Waals surface area contributed by atoms with E-state index in [1.807, 2.05) is 20.8 Å². The van der Waals surface area contributed by atoms with Crippen LogP contribution in [0.4, 0.5) is 0 Å². The Balaban J connectivity index is 3.60. The third-order valence-corrected chi connectivity index (χ3v) is 6.18. The Morgan fingerprint density at radius 2 is 1.37 bits per heavy atom. The van der Waals surface area contributed by atoms with Crippen molar-refractivity contribution in [2.24, 2.45) is 5.41 Å². The molecule has 0 aromatic heterocycles. The van der Waals surface area contributed by atoms with Gasteiger partial charge in [-0.05, 0) is 32.6 Å². The fourth-order valence-corrected chi connectivity index (χ4v) is 3.83. The highest BCUT2D eigenvalue weighted by Gasteiger charge is 2.19. The number of nitrogens with zero attached hydrogens (tertiary/aromatic N) is 1. The lowest BCUT2D eigenvalue weighted by Crippen LogP contribution is -2.42. The normalized spacial score (nSPS) is 11.8. The fraction of sp³-hybridized carbons (Fsp3) is 0.842. The van der Waals surface area contributed by atoms with Crippen LogP contribution in [0.25, 0.3) is 0 Å². The second kappa shape index (κ2) is 13.3. The molecule has 0 aromatic rings. The molecule has 27 heavy (non-hydrogen) atoms. The molecule has 0 spiro atoms. The minimum absolute atomic E-state index is 0.0391. The first-order chi connectivity index (χ1) is 12.5. The van der Waals surface area contributed by atoms with Gasteiger partial charge in [0.1, 0.15) is 0 Å². The van der Waals surface area contributed by atoms with E-state index in [2.05, 4.69) is 31.4 Å². The van der Waals surface area contributed by atoms with Crippen LogP contribution in [0.15, 0.2) is 0 Å². The summed E-state index contributed by atoms with van der Waals surface area (Å²) in [4.78, 5) is 36.2. The van der Waals surface area contributed by atoms with Gasteiger partial charge in [-0.25, -0.2) is 0 Å². The van der Waals surface area contributed by atoms with Gasteiger partial charge in [0, 0.05) is 49.5 Å². The van der Waals surface area contributed by atoms with Crippen molar-refractivity contribution in [3.8, 4) is 0 Å². The molecule has 0 fully saturated rings. The first-order valence-corrected chi connectivity index (χ1v) is 11.9. The zero-order valence-electron chi connectivity index (χ0n) is 17.7. The highest BCUT2D eigenvalue weighted by molar-refractivity contribution is 8.76. The second-order valence-corrected chi connectivity index (χ2v) is 11.3. The summed E-state index contributed by atoms with van der Waals surface area (Å²) in [5.74, 6) is 1.73. The minimum Gasteiger partial charge on any atom is -0.355 e. The quantitative estimate of drug-likeness (QED) is 0.272. The Morgan fingerprint density at radius 3 is 1.78 bits per heavy atom. The zero-order valence-corrected chi connectivity index (χ0v) is 19.4. The average Bonchev–Trinajstić information content (AvgIpc) is 2.54. The van der Waals surface area contributed by atoms with Gasteiger partial charge < -0.3 is 15.5 Å². The molecule has 0 rings (SSSR count). The number of hydrogen-bond acceptors (Lipinski definition) is 5. The van der Waals surface area contributed by atoms with Gasteiger partial charge in [0.15, 0.2) is 0 Å². The highest BCUT2D eigenvalue weighted by atomic mass is 33.1. The SMILES string of the molecule is CC(C)(C)CCC(=O)NCCSSCCNC(=O)CCN(C=O)C(C)(C)C. The highest BCUT2D eigenvalue weighted by Crippen LogP contribution is 2.21. The summed E-state index contributed by atoms with van der Waals surface area (Å²) >= 11 is 0. The van der Waals surface area contributed by atoms with Crippen LogP contribution in [0.3, 0.4) is 0 Å². The maximum absolute atomic E-state index is 11.8. The van der Waals surface area contributed by atoms with Crippen molar-refractivity contribution < 1.29 is 14.4 Å². The van der Waals surface area contributed by atoms with E-state index in [1.165, 1.54) is 0 Å². The molecule has 6 nitrogen and oxygen atoms in total. The van der Waals surface area contributed by atoms with Crippen LogP contribution in [0.2, 0.25) is 0 Å². The zero-order chi connectivity index (χ0) is 20.9. The lowest BCUT2D eigenvalue weighted by molar-refractivity contribution is -0.125. The third-order valence-electron chi connectivity index (χ3n) is 3.77. The van der Waals surface area contributed by atoms with E-state index in [0.717, 1.165) is 24.3 Å². The summed E-state index contributed by atoms with van der Waals surface area (Å²) in [6.45, 7) is 13.9. The average molecular weight is 420 g/mol. The number of rotatable bonds is 13. The Bertz CT molecular complexity index is 460. The van der Waals surface area contributed by atoms with Crippen LogP contribution >= 0.6 is 21.6 Å². The minimum atomic E-state index is -0.267. The topological polar surface area (TPSA) is 78.5 Å². The molecule has 0 atom stereocenters. The van der Waals surface area contributed by atoms with E-state index < -0.39 is 0 Å². The molecule has 0 radical (unpaired) electrons. The molecule has 8 heteroatoms. The summed E-state index contributed by atoms with van der Waals surface area (Å²) in [5, 5.41) is 5.80. The monoisotopic (exact) mass is 419 g/mol. The fourth-order valence-electron chi connectivity index (χ4n) is 2.02. The molecule has 3 amide bonds. The summed E-state index contributed by atoms with van der Waals surface area (Å²) in [7, 11) is 3.37. The number of amides is 3. The van der Waals surface area contributed by atoms with E-state index in [-0.39, 0.29) is 22.8 Å². The Kier molecular flexibility index (Phi) is 12.9. The van der Waals surface area contributed by atoms with Crippen molar-refractivity contribution in [1.29, 1.82) is 0 Å². The predicted molar refractivity (Wildman–Crippen MR) is 117 cm³/mol. The number of carbonyl (C=O) groups excluding carboxylic acids is 3. The third kappa shape index (κ3) is 15.8. The summed E-state index contributed by atoms with van der Waals surface area (Å²) in [6.07, 6.45) is 2.57. The summed E-state index contributed by atoms with van der Waals surface area (Å²) in [5.41, 5.74) is -0.0820. The van der Waals surface area contributed by atoms with Crippen LogP contribution in [0.5, 0.6) is 0 Å². The molecular formula is C19H37N3O3S2. The molecule has 0 saturated heterocycles. The van der Waals surface area contributed by atoms with Crippen LogP contribution in [0, 0.1) is 5.41 Å². The van der Waals surface area contributed by atoms with E-state index in [0.29, 0.717) is 32.5 Å². The Hall–Kier alpha value is -0.890. The van der Waals surface area contributed by atoms with Crippen LogP contribution < -0.4 is 10.6 Å². The van der Waals surface area contributed by atoms with Crippen molar-refractivity contribution in [3.05, 3.63) is 0 Å². The van der Waals surface area contributed by atoms with Crippen molar-refractivity contribution in [2.75, 3.05) is 31.1 Å². The molecule has 0 aromatic carbocycles. The lowest BCUT2D eigenvalue weighted by Gasteiger charge is -2.31. The van der Waals surface area contributed by atoms with Crippen molar-refractivity contribution >= 4 is 39.8 Å². The number of hydrogen-bond donors (Lipinski definition) is 2. The molecule has 0 bridgehead atoms. The summed E-state index contributed by atoms with van der Waals surface area (Å²) < 4.78 is 0. The van der Waals surface area contributed by atoms with Crippen molar-refractivity contribution in [2.45, 2.75) is 66.3 Å². The molecule has 158 valence electrons. The van der Waals surface area contributed by atoms with Gasteiger partial charge in [0.2, 0.25) is 18.2 Å². The van der Waals surface area contributed by atoms with E-state index >= 15 is 0 Å². The largest absolute Gasteiger partial charge is 0.355 e. The van der Waals surface area contributed by atoms with Crippen LogP contribution in [-0.4, -0.2) is 59.8 Å². The molecule has 0 aliphatic rings.